The lowest BCUT2D eigenvalue weighted by molar-refractivity contribution is -0.0605. The first-order valence-electron chi connectivity index (χ1n) is 8.33. The van der Waals surface area contributed by atoms with Crippen LogP contribution in [0.4, 0.5) is 8.78 Å². The summed E-state index contributed by atoms with van der Waals surface area (Å²) in [7, 11) is 0. The van der Waals surface area contributed by atoms with Crippen LogP contribution in [0.15, 0.2) is 42.5 Å². The summed E-state index contributed by atoms with van der Waals surface area (Å²) in [6.45, 7) is -0.594. The Bertz CT molecular complexity index is 819. The number of carbonyl (C=O) groups is 2. The Balaban J connectivity index is 1.77. The maximum atomic E-state index is 14.1. The van der Waals surface area contributed by atoms with Gasteiger partial charge in [-0.3, -0.25) is 9.59 Å². The molecule has 0 aromatic heterocycles. The maximum absolute atomic E-state index is 14.1. The smallest absolute Gasteiger partial charge is 0.202 e. The van der Waals surface area contributed by atoms with Crippen LogP contribution in [0.25, 0.3) is 0 Å². The molecule has 0 saturated carbocycles. The largest absolute Gasteiger partial charge is 0.376 e. The number of rotatable bonds is 8. The van der Waals surface area contributed by atoms with Gasteiger partial charge in [0, 0.05) is 28.7 Å². The molecular weight excluding hydrogens is 342 g/mol. The molecule has 0 spiro atoms. The van der Waals surface area contributed by atoms with Gasteiger partial charge in [-0.2, -0.15) is 0 Å². The molecule has 0 aliphatic heterocycles. The molecule has 26 heavy (non-hydrogen) atoms. The molecule has 2 aromatic carbocycles. The number of ketones is 2. The third-order valence-corrected chi connectivity index (χ3v) is 4.17. The van der Waals surface area contributed by atoms with E-state index >= 15 is 0 Å². The van der Waals surface area contributed by atoms with Gasteiger partial charge < -0.3 is 9.47 Å². The van der Waals surface area contributed by atoms with E-state index in [1.807, 2.05) is 0 Å². The van der Waals surface area contributed by atoms with Crippen LogP contribution < -0.4 is 0 Å². The van der Waals surface area contributed by atoms with Crippen LogP contribution in [-0.4, -0.2) is 44.4 Å². The van der Waals surface area contributed by atoms with Gasteiger partial charge in [-0.25, -0.2) is 8.78 Å². The number of hydrogen-bond acceptors (Lipinski definition) is 4. The zero-order valence-corrected chi connectivity index (χ0v) is 14.0. The number of halogens is 2. The highest BCUT2D eigenvalue weighted by Gasteiger charge is 2.31. The van der Waals surface area contributed by atoms with Gasteiger partial charge in [-0.05, 0) is 5.56 Å². The summed E-state index contributed by atoms with van der Waals surface area (Å²) in [6, 6.07) is 11.4. The van der Waals surface area contributed by atoms with Crippen LogP contribution in [0.2, 0.25) is 0 Å². The van der Waals surface area contributed by atoms with Crippen molar-refractivity contribution in [1.82, 2.24) is 0 Å². The van der Waals surface area contributed by atoms with Gasteiger partial charge in [0.2, 0.25) is 6.36 Å². The molecule has 4 nitrogen and oxygen atoms in total. The summed E-state index contributed by atoms with van der Waals surface area (Å²) in [5.41, 5.74) is 1.63. The molecule has 2 aromatic rings. The van der Waals surface area contributed by atoms with Gasteiger partial charge in [-0.1, -0.05) is 42.5 Å². The molecular formula is C20H18F2O4. The van der Waals surface area contributed by atoms with Crippen molar-refractivity contribution in [3.8, 4) is 0 Å². The molecule has 6 heteroatoms. The quantitative estimate of drug-likeness (QED) is 0.579. The number of alkyl halides is 2. The molecule has 1 unspecified atom stereocenters. The molecule has 1 aliphatic carbocycles. The first-order chi connectivity index (χ1) is 12.6. The monoisotopic (exact) mass is 360 g/mol. The summed E-state index contributed by atoms with van der Waals surface area (Å²) in [5.74, 6) is -0.530. The molecule has 136 valence electrons. The van der Waals surface area contributed by atoms with E-state index < -0.39 is 13.0 Å². The van der Waals surface area contributed by atoms with E-state index in [2.05, 4.69) is 0 Å². The van der Waals surface area contributed by atoms with Gasteiger partial charge in [-0.15, -0.1) is 0 Å². The summed E-state index contributed by atoms with van der Waals surface area (Å²) >= 11 is 0. The van der Waals surface area contributed by atoms with Crippen molar-refractivity contribution in [2.24, 2.45) is 0 Å². The number of hydrogen-bond donors (Lipinski definition) is 0. The lowest BCUT2D eigenvalue weighted by Crippen LogP contribution is -2.24. The van der Waals surface area contributed by atoms with Crippen molar-refractivity contribution < 1.29 is 27.8 Å². The number of fused-ring (bicyclic) bond motifs is 2. The molecule has 0 heterocycles. The maximum Gasteiger partial charge on any atom is 0.202 e. The van der Waals surface area contributed by atoms with E-state index in [0.29, 0.717) is 16.7 Å². The number of ether oxygens (including phenoxy) is 2. The highest BCUT2D eigenvalue weighted by molar-refractivity contribution is 6.28. The lowest BCUT2D eigenvalue weighted by atomic mass is 9.81. The second-order valence-corrected chi connectivity index (χ2v) is 5.83. The van der Waals surface area contributed by atoms with E-state index in [1.54, 1.807) is 42.5 Å². The van der Waals surface area contributed by atoms with Crippen LogP contribution >= 0.6 is 0 Å². The first kappa shape index (κ1) is 18.4. The lowest BCUT2D eigenvalue weighted by Gasteiger charge is -2.20. The van der Waals surface area contributed by atoms with Gasteiger partial charge in [0.15, 0.2) is 11.6 Å². The molecule has 0 bridgehead atoms. The Hall–Kier alpha value is -2.44. The predicted molar refractivity (Wildman–Crippen MR) is 91.1 cm³/mol. The summed E-state index contributed by atoms with van der Waals surface area (Å²) in [5, 5.41) is 0. The van der Waals surface area contributed by atoms with E-state index in [4.69, 9.17) is 9.47 Å². The normalized spacial score (nSPS) is 14.1. The van der Waals surface area contributed by atoms with Crippen LogP contribution in [0.3, 0.4) is 0 Å². The molecule has 0 radical (unpaired) electrons. The van der Waals surface area contributed by atoms with Gasteiger partial charge >= 0.3 is 0 Å². The van der Waals surface area contributed by atoms with Gasteiger partial charge in [0.05, 0.1) is 19.8 Å². The van der Waals surface area contributed by atoms with E-state index in [9.17, 15) is 18.4 Å². The molecule has 0 fully saturated rings. The Labute approximate surface area is 149 Å². The minimum atomic E-state index is -1.66. The van der Waals surface area contributed by atoms with Crippen LogP contribution in [0.5, 0.6) is 0 Å². The Morgan fingerprint density at radius 2 is 1.54 bits per heavy atom. The molecule has 0 amide bonds. The minimum absolute atomic E-state index is 0.0219. The van der Waals surface area contributed by atoms with Crippen molar-refractivity contribution in [3.63, 3.8) is 0 Å². The summed E-state index contributed by atoms with van der Waals surface area (Å²) < 4.78 is 35.9. The summed E-state index contributed by atoms with van der Waals surface area (Å²) in [4.78, 5) is 25.5. The molecule has 3 rings (SSSR count). The second kappa shape index (κ2) is 8.29. The molecule has 0 N–H and O–H groups in total. The fraction of sp³-hybridized carbons (Fsp3) is 0.300. The van der Waals surface area contributed by atoms with Gasteiger partial charge in [0.1, 0.15) is 6.67 Å². The van der Waals surface area contributed by atoms with Crippen molar-refractivity contribution >= 4 is 11.6 Å². The first-order valence-corrected chi connectivity index (χ1v) is 8.33. The van der Waals surface area contributed by atoms with Crippen LogP contribution in [-0.2, 0) is 15.9 Å². The fourth-order valence-corrected chi connectivity index (χ4v) is 3.01. The highest BCUT2D eigenvalue weighted by Crippen LogP contribution is 2.30. The minimum Gasteiger partial charge on any atom is -0.376 e. The Kier molecular flexibility index (Phi) is 5.85. The molecule has 1 aliphatic rings. The standard InChI is InChI=1S/C20H18F2O4/c21-8-9-25-10-11-26-17(22)12-13-4-3-7-16-18(13)20(24)15-6-2-1-5-14(15)19(16)23/h1-7,17H,8-12H2. The third-order valence-electron chi connectivity index (χ3n) is 4.17. The number of carbonyl (C=O) groups excluding carboxylic acids is 2. The van der Waals surface area contributed by atoms with E-state index in [0.717, 1.165) is 0 Å². The Morgan fingerprint density at radius 1 is 0.846 bits per heavy atom. The highest BCUT2D eigenvalue weighted by atomic mass is 19.1. The van der Waals surface area contributed by atoms with Crippen LogP contribution in [0.1, 0.15) is 37.4 Å². The topological polar surface area (TPSA) is 52.6 Å². The van der Waals surface area contributed by atoms with Crippen LogP contribution in [0, 0.1) is 0 Å². The van der Waals surface area contributed by atoms with E-state index in [-0.39, 0.29) is 48.9 Å². The van der Waals surface area contributed by atoms with Crippen molar-refractivity contribution in [2.45, 2.75) is 12.8 Å². The zero-order valence-electron chi connectivity index (χ0n) is 14.0. The fourth-order valence-electron chi connectivity index (χ4n) is 3.01. The molecule has 0 saturated heterocycles. The van der Waals surface area contributed by atoms with Gasteiger partial charge in [0.25, 0.3) is 0 Å². The SMILES string of the molecule is O=C1c2ccccc2C(=O)c2c(CC(F)OCCOCCF)cccc21. The average Bonchev–Trinajstić information content (AvgIpc) is 2.66. The van der Waals surface area contributed by atoms with E-state index in [1.165, 1.54) is 0 Å². The summed E-state index contributed by atoms with van der Waals surface area (Å²) in [6.07, 6.45) is -1.82. The van der Waals surface area contributed by atoms with Crippen molar-refractivity contribution in [2.75, 3.05) is 26.5 Å². The van der Waals surface area contributed by atoms with Crippen molar-refractivity contribution in [1.29, 1.82) is 0 Å². The zero-order chi connectivity index (χ0) is 18.5. The third kappa shape index (κ3) is 3.71. The number of benzene rings is 2. The molecule has 1 atom stereocenters. The second-order valence-electron chi connectivity index (χ2n) is 5.83. The Morgan fingerprint density at radius 3 is 2.27 bits per heavy atom. The van der Waals surface area contributed by atoms with Crippen molar-refractivity contribution in [3.05, 3.63) is 70.3 Å². The average molecular weight is 360 g/mol. The predicted octanol–water partition coefficient (Wildman–Crippen LogP) is 3.30.